The molecular formula is C27H34N6O2S. The van der Waals surface area contributed by atoms with E-state index in [0.29, 0.717) is 18.1 Å². The molecule has 0 atom stereocenters. The van der Waals surface area contributed by atoms with Gasteiger partial charge in [-0.15, -0.1) is 11.3 Å². The lowest BCUT2D eigenvalue weighted by atomic mass is 9.91. The Bertz CT molecular complexity index is 1180. The average molecular weight is 507 g/mol. The number of methoxy groups -OCH3 is 1. The van der Waals surface area contributed by atoms with Crippen LogP contribution in [0.3, 0.4) is 0 Å². The van der Waals surface area contributed by atoms with E-state index < -0.39 is 0 Å². The summed E-state index contributed by atoms with van der Waals surface area (Å²) in [6.45, 7) is 5.57. The summed E-state index contributed by atoms with van der Waals surface area (Å²) in [5.41, 5.74) is 3.13. The lowest BCUT2D eigenvalue weighted by molar-refractivity contribution is -0.117. The number of ether oxygens (including phenoxy) is 1. The number of amides is 1. The Morgan fingerprint density at radius 3 is 2.47 bits per heavy atom. The van der Waals surface area contributed by atoms with Gasteiger partial charge in [-0.3, -0.25) is 4.79 Å². The zero-order valence-electron chi connectivity index (χ0n) is 20.7. The number of carbonyl (C=O) groups excluding carboxylic acids is 1. The predicted octanol–water partition coefficient (Wildman–Crippen LogP) is 5.08. The van der Waals surface area contributed by atoms with Gasteiger partial charge in [0.15, 0.2) is 0 Å². The number of nitrogens with zero attached hydrogens (tertiary/aromatic N) is 3. The summed E-state index contributed by atoms with van der Waals surface area (Å²) in [6.07, 6.45) is 7.67. The number of hydrogen-bond donors (Lipinski definition) is 3. The number of benzene rings is 1. The monoisotopic (exact) mass is 506 g/mol. The van der Waals surface area contributed by atoms with Crippen LogP contribution in [-0.2, 0) is 9.53 Å². The lowest BCUT2D eigenvalue weighted by Gasteiger charge is -2.33. The smallest absolute Gasteiger partial charge is 0.243 e. The molecule has 0 spiro atoms. The lowest BCUT2D eigenvalue weighted by Crippen LogP contribution is -2.39. The fraction of sp³-hybridized carbons (Fsp3) is 0.444. The molecule has 3 heterocycles. The molecule has 1 aliphatic heterocycles. The highest BCUT2D eigenvalue weighted by Gasteiger charge is 2.23. The first-order chi connectivity index (χ1) is 17.6. The van der Waals surface area contributed by atoms with Crippen molar-refractivity contribution in [1.82, 2.24) is 15.3 Å². The topological polar surface area (TPSA) is 91.4 Å². The van der Waals surface area contributed by atoms with Gasteiger partial charge in [-0.05, 0) is 80.3 Å². The Kier molecular flexibility index (Phi) is 7.67. The zero-order chi connectivity index (χ0) is 24.9. The fourth-order valence-electron chi connectivity index (χ4n) is 5.09. The van der Waals surface area contributed by atoms with E-state index in [0.717, 1.165) is 73.3 Å². The quantitative estimate of drug-likeness (QED) is 0.367. The summed E-state index contributed by atoms with van der Waals surface area (Å²) in [6, 6.07) is 11.0. The molecule has 0 unspecified atom stereocenters. The molecule has 2 aromatic heterocycles. The van der Waals surface area contributed by atoms with E-state index in [4.69, 9.17) is 14.7 Å². The van der Waals surface area contributed by atoms with Crippen molar-refractivity contribution in [3.8, 4) is 0 Å². The number of rotatable bonds is 8. The molecule has 1 amide bonds. The van der Waals surface area contributed by atoms with E-state index in [2.05, 4.69) is 57.1 Å². The molecule has 1 aliphatic carbocycles. The van der Waals surface area contributed by atoms with Crippen LogP contribution in [0.1, 0.15) is 38.5 Å². The highest BCUT2D eigenvalue weighted by atomic mass is 32.1. The summed E-state index contributed by atoms with van der Waals surface area (Å²) in [7, 11) is 1.80. The van der Waals surface area contributed by atoms with Gasteiger partial charge in [-0.1, -0.05) is 6.58 Å². The molecule has 9 heteroatoms. The third-order valence-corrected chi connectivity index (χ3v) is 8.08. The van der Waals surface area contributed by atoms with Crippen molar-refractivity contribution in [2.24, 2.45) is 0 Å². The Labute approximate surface area is 216 Å². The second-order valence-corrected chi connectivity index (χ2v) is 10.4. The molecule has 1 saturated heterocycles. The number of nitrogens with one attached hydrogen (secondary N) is 3. The molecular weight excluding hydrogens is 472 g/mol. The van der Waals surface area contributed by atoms with Crippen molar-refractivity contribution in [2.75, 3.05) is 35.7 Å². The van der Waals surface area contributed by atoms with E-state index >= 15 is 0 Å². The minimum absolute atomic E-state index is 0.0955. The second-order valence-electron chi connectivity index (χ2n) is 9.53. The Balaban J connectivity index is 1.23. The largest absolute Gasteiger partial charge is 0.381 e. The van der Waals surface area contributed by atoms with Crippen molar-refractivity contribution in [3.05, 3.63) is 48.4 Å². The Morgan fingerprint density at radius 2 is 1.78 bits per heavy atom. The summed E-state index contributed by atoms with van der Waals surface area (Å²) in [5, 5.41) is 12.1. The summed E-state index contributed by atoms with van der Waals surface area (Å²) in [4.78, 5) is 23.6. The van der Waals surface area contributed by atoms with Crippen LogP contribution in [0, 0.1) is 0 Å². The molecule has 36 heavy (non-hydrogen) atoms. The summed E-state index contributed by atoms with van der Waals surface area (Å²) >= 11 is 1.65. The van der Waals surface area contributed by atoms with E-state index in [-0.39, 0.29) is 11.9 Å². The maximum atomic E-state index is 11.6. The van der Waals surface area contributed by atoms with Crippen LogP contribution in [0.4, 0.5) is 23.1 Å². The number of anilines is 4. The van der Waals surface area contributed by atoms with Crippen LogP contribution in [-0.4, -0.2) is 54.3 Å². The van der Waals surface area contributed by atoms with Gasteiger partial charge in [0.2, 0.25) is 11.9 Å². The average Bonchev–Trinajstić information content (AvgIpc) is 3.39. The van der Waals surface area contributed by atoms with Crippen molar-refractivity contribution in [3.63, 3.8) is 0 Å². The Morgan fingerprint density at radius 1 is 1.06 bits per heavy atom. The van der Waals surface area contributed by atoms with Crippen molar-refractivity contribution in [1.29, 1.82) is 0 Å². The van der Waals surface area contributed by atoms with Crippen molar-refractivity contribution < 1.29 is 9.53 Å². The zero-order valence-corrected chi connectivity index (χ0v) is 21.5. The maximum Gasteiger partial charge on any atom is 0.243 e. The van der Waals surface area contributed by atoms with E-state index in [1.165, 1.54) is 11.8 Å². The molecule has 1 saturated carbocycles. The van der Waals surface area contributed by atoms with E-state index in [1.54, 1.807) is 18.4 Å². The first-order valence-corrected chi connectivity index (χ1v) is 13.6. The summed E-state index contributed by atoms with van der Waals surface area (Å²) in [5.74, 6) is 1.36. The first kappa shape index (κ1) is 24.5. The fourth-order valence-corrected chi connectivity index (χ4v) is 5.87. The van der Waals surface area contributed by atoms with Gasteiger partial charge < -0.3 is 25.6 Å². The summed E-state index contributed by atoms with van der Waals surface area (Å²) < 4.78 is 6.56. The third kappa shape index (κ3) is 5.79. The van der Waals surface area contributed by atoms with Gasteiger partial charge in [0, 0.05) is 43.7 Å². The molecule has 0 bridgehead atoms. The van der Waals surface area contributed by atoms with Gasteiger partial charge in [0.25, 0.3) is 0 Å². The first-order valence-electron chi connectivity index (χ1n) is 12.7. The number of thiophene rings is 1. The molecule has 8 nitrogen and oxygen atoms in total. The van der Waals surface area contributed by atoms with E-state index in [9.17, 15) is 4.79 Å². The number of piperidine rings is 1. The van der Waals surface area contributed by atoms with Crippen LogP contribution in [0.5, 0.6) is 0 Å². The highest BCUT2D eigenvalue weighted by Crippen LogP contribution is 2.31. The van der Waals surface area contributed by atoms with Gasteiger partial charge in [0.1, 0.15) is 5.82 Å². The number of hydrogen-bond acceptors (Lipinski definition) is 8. The maximum absolute atomic E-state index is 11.6. The van der Waals surface area contributed by atoms with Gasteiger partial charge >= 0.3 is 0 Å². The van der Waals surface area contributed by atoms with Gasteiger partial charge in [-0.2, -0.15) is 4.98 Å². The Hall–Kier alpha value is -3.17. The molecule has 5 rings (SSSR count). The molecule has 1 aromatic carbocycles. The highest BCUT2D eigenvalue weighted by molar-refractivity contribution is 7.17. The standard InChI is InChI=1S/C27H34N6O2S/c1-3-24(34)28-18-4-6-19(7-5-18)29-26-25-23(14-17-36-25)31-27(32-26)30-20-8-10-21(11-9-20)33-15-12-22(35-2)13-16-33/h3,8-11,14,17-19,22H,1,4-7,12-13,15-16H2,2H3,(H,28,34)(H2,29,30,31,32)/t18-,19+. The van der Waals surface area contributed by atoms with Gasteiger partial charge in [-0.25, -0.2) is 4.98 Å². The molecule has 190 valence electrons. The van der Waals surface area contributed by atoms with Crippen LogP contribution in [0.2, 0.25) is 0 Å². The molecule has 3 N–H and O–H groups in total. The minimum Gasteiger partial charge on any atom is -0.381 e. The number of aromatic nitrogens is 2. The molecule has 2 fully saturated rings. The predicted molar refractivity (Wildman–Crippen MR) is 147 cm³/mol. The second kappa shape index (κ2) is 11.3. The number of fused-ring (bicyclic) bond motifs is 1. The molecule has 3 aromatic rings. The van der Waals surface area contributed by atoms with Crippen molar-refractivity contribution in [2.45, 2.75) is 56.7 Å². The van der Waals surface area contributed by atoms with Crippen LogP contribution < -0.4 is 20.9 Å². The SMILES string of the molecule is C=CC(=O)N[C@H]1CC[C@@H](Nc2nc(Nc3ccc(N4CCC(OC)CC4)cc3)nc3ccsc23)CC1. The number of carbonyl (C=O) groups is 1. The minimum atomic E-state index is -0.0955. The molecule has 2 aliphatic rings. The van der Waals surface area contributed by atoms with Crippen LogP contribution in [0.25, 0.3) is 10.2 Å². The van der Waals surface area contributed by atoms with E-state index in [1.807, 2.05) is 6.07 Å². The molecule has 0 radical (unpaired) electrons. The van der Waals surface area contributed by atoms with Crippen LogP contribution >= 0.6 is 11.3 Å². The van der Waals surface area contributed by atoms with Crippen LogP contribution in [0.15, 0.2) is 48.4 Å². The third-order valence-electron chi connectivity index (χ3n) is 7.17. The van der Waals surface area contributed by atoms with Gasteiger partial charge in [0.05, 0.1) is 16.3 Å². The van der Waals surface area contributed by atoms with Crippen molar-refractivity contribution >= 4 is 50.6 Å². The normalized spacial score (nSPS) is 20.8.